The molecule has 6 nitrogen and oxygen atoms in total. The maximum absolute atomic E-state index is 12.2. The lowest BCUT2D eigenvalue weighted by Gasteiger charge is -2.10. The van der Waals surface area contributed by atoms with E-state index in [1.54, 1.807) is 31.4 Å². The number of amides is 1. The Labute approximate surface area is 136 Å². The molecule has 1 aliphatic heterocycles. The Bertz CT molecular complexity index is 671. The zero-order valence-corrected chi connectivity index (χ0v) is 13.5. The van der Waals surface area contributed by atoms with Gasteiger partial charge >= 0.3 is 5.97 Å². The molecule has 22 heavy (non-hydrogen) atoms. The third kappa shape index (κ3) is 3.40. The maximum atomic E-state index is 12.2. The van der Waals surface area contributed by atoms with Crippen LogP contribution in [0, 0.1) is 0 Å². The van der Waals surface area contributed by atoms with Crippen molar-refractivity contribution in [2.24, 2.45) is 0 Å². The van der Waals surface area contributed by atoms with E-state index in [1.807, 2.05) is 0 Å². The summed E-state index contributed by atoms with van der Waals surface area (Å²) in [7, 11) is 3.06. The van der Waals surface area contributed by atoms with Gasteiger partial charge in [-0.25, -0.2) is 0 Å². The topological polar surface area (TPSA) is 76.1 Å². The smallest absolute Gasteiger partial charge is 0.323 e. The Hall–Kier alpha value is -2.06. The number of nitrogens with zero attached hydrogens (tertiary/aromatic N) is 1. The molecule has 1 fully saturated rings. The number of rotatable bonds is 5. The van der Waals surface area contributed by atoms with Gasteiger partial charge in [-0.3, -0.25) is 14.5 Å². The van der Waals surface area contributed by atoms with Crippen molar-refractivity contribution in [1.29, 1.82) is 0 Å². The number of carbonyl (C=O) groups is 2. The van der Waals surface area contributed by atoms with Crippen molar-refractivity contribution in [3.05, 3.63) is 28.7 Å². The fourth-order valence-corrected chi connectivity index (χ4v) is 3.10. The number of hydrogen-bond donors (Lipinski definition) is 1. The van der Waals surface area contributed by atoms with E-state index in [4.69, 9.17) is 26.8 Å². The highest BCUT2D eigenvalue weighted by Crippen LogP contribution is 2.35. The summed E-state index contributed by atoms with van der Waals surface area (Å²) in [6.07, 6.45) is 1.62. The third-order valence-corrected chi connectivity index (χ3v) is 4.27. The number of carboxylic acids is 1. The summed E-state index contributed by atoms with van der Waals surface area (Å²) >= 11 is 6.11. The van der Waals surface area contributed by atoms with E-state index in [-0.39, 0.29) is 4.32 Å². The van der Waals surface area contributed by atoms with Crippen molar-refractivity contribution < 1.29 is 24.2 Å². The SMILES string of the molecule is COc1ccc(/C=C2\SC(=S)N(CC(=O)O)C2=O)c(OC)c1. The minimum absolute atomic E-state index is 0.228. The van der Waals surface area contributed by atoms with E-state index < -0.39 is 18.4 Å². The molecule has 1 amide bonds. The fraction of sp³-hybridized carbons (Fsp3) is 0.214. The molecule has 1 saturated heterocycles. The predicted octanol–water partition coefficient (Wildman–Crippen LogP) is 1.99. The van der Waals surface area contributed by atoms with Crippen molar-refractivity contribution in [2.75, 3.05) is 20.8 Å². The number of thioether (sulfide) groups is 1. The first kappa shape index (κ1) is 16.3. The molecule has 2 rings (SSSR count). The summed E-state index contributed by atoms with van der Waals surface area (Å²) < 4.78 is 10.6. The van der Waals surface area contributed by atoms with Gasteiger partial charge < -0.3 is 14.6 Å². The molecule has 0 spiro atoms. The summed E-state index contributed by atoms with van der Waals surface area (Å²) in [5.74, 6) is -0.356. The minimum atomic E-state index is -1.11. The predicted molar refractivity (Wildman–Crippen MR) is 87.1 cm³/mol. The molecule has 0 saturated carbocycles. The standard InChI is InChI=1S/C14H13NO5S2/c1-19-9-4-3-8(10(6-9)20-2)5-11-13(18)15(7-12(16)17)14(21)22-11/h3-6H,7H2,1-2H3,(H,16,17)/b11-5-. The summed E-state index contributed by atoms with van der Waals surface area (Å²) in [6.45, 7) is -0.443. The van der Waals surface area contributed by atoms with E-state index in [0.717, 1.165) is 16.7 Å². The van der Waals surface area contributed by atoms with Gasteiger partial charge in [0.25, 0.3) is 5.91 Å². The highest BCUT2D eigenvalue weighted by atomic mass is 32.2. The molecule has 0 unspecified atom stereocenters. The van der Waals surface area contributed by atoms with Gasteiger partial charge in [0.15, 0.2) is 0 Å². The van der Waals surface area contributed by atoms with Gasteiger partial charge in [-0.15, -0.1) is 0 Å². The molecule has 0 radical (unpaired) electrons. The van der Waals surface area contributed by atoms with Crippen LogP contribution < -0.4 is 9.47 Å². The number of benzene rings is 1. The number of carboxylic acid groups (broad SMARTS) is 1. The summed E-state index contributed by atoms with van der Waals surface area (Å²) in [6, 6.07) is 5.19. The van der Waals surface area contributed by atoms with Gasteiger partial charge in [0.05, 0.1) is 19.1 Å². The molecule has 8 heteroatoms. The molecule has 1 aliphatic rings. The molecule has 1 heterocycles. The van der Waals surface area contributed by atoms with Gasteiger partial charge in [0.2, 0.25) is 0 Å². The number of methoxy groups -OCH3 is 2. The Morgan fingerprint density at radius 1 is 1.41 bits per heavy atom. The van der Waals surface area contributed by atoms with Crippen LogP contribution in [0.3, 0.4) is 0 Å². The average molecular weight is 339 g/mol. The van der Waals surface area contributed by atoms with Crippen LogP contribution in [0.4, 0.5) is 0 Å². The molecule has 1 aromatic carbocycles. The molecule has 0 atom stereocenters. The molecule has 0 aliphatic carbocycles. The number of hydrogen-bond acceptors (Lipinski definition) is 6. The van der Waals surface area contributed by atoms with E-state index in [1.165, 1.54) is 7.11 Å². The number of ether oxygens (including phenoxy) is 2. The molecular weight excluding hydrogens is 326 g/mol. The summed E-state index contributed by atoms with van der Waals surface area (Å²) in [4.78, 5) is 24.4. The first-order valence-electron chi connectivity index (χ1n) is 6.15. The van der Waals surface area contributed by atoms with Crippen LogP contribution in [0.2, 0.25) is 0 Å². The van der Waals surface area contributed by atoms with Crippen LogP contribution in [-0.2, 0) is 9.59 Å². The van der Waals surface area contributed by atoms with Gasteiger partial charge in [-0.1, -0.05) is 24.0 Å². The van der Waals surface area contributed by atoms with Crippen LogP contribution in [0.15, 0.2) is 23.1 Å². The van der Waals surface area contributed by atoms with Crippen LogP contribution >= 0.6 is 24.0 Å². The highest BCUT2D eigenvalue weighted by molar-refractivity contribution is 8.26. The third-order valence-electron chi connectivity index (χ3n) is 2.89. The van der Waals surface area contributed by atoms with Crippen molar-refractivity contribution in [3.8, 4) is 11.5 Å². The molecule has 1 aromatic rings. The highest BCUT2D eigenvalue weighted by Gasteiger charge is 2.33. The monoisotopic (exact) mass is 339 g/mol. The van der Waals surface area contributed by atoms with E-state index in [2.05, 4.69) is 0 Å². The second-order valence-electron chi connectivity index (χ2n) is 4.27. The van der Waals surface area contributed by atoms with Crippen LogP contribution in [-0.4, -0.2) is 47.0 Å². The number of thiocarbonyl (C=S) groups is 1. The van der Waals surface area contributed by atoms with Crippen molar-refractivity contribution >= 4 is 46.3 Å². The largest absolute Gasteiger partial charge is 0.497 e. The minimum Gasteiger partial charge on any atom is -0.497 e. The van der Waals surface area contributed by atoms with Crippen molar-refractivity contribution in [1.82, 2.24) is 4.90 Å². The van der Waals surface area contributed by atoms with Crippen LogP contribution in [0.5, 0.6) is 11.5 Å². The summed E-state index contributed by atoms with van der Waals surface area (Å²) in [5, 5.41) is 8.81. The number of carbonyl (C=O) groups excluding carboxylic acids is 1. The van der Waals surface area contributed by atoms with E-state index in [0.29, 0.717) is 22.0 Å². The summed E-state index contributed by atoms with van der Waals surface area (Å²) in [5.41, 5.74) is 0.680. The second kappa shape index (κ2) is 6.80. The first-order chi connectivity index (χ1) is 10.5. The molecular formula is C14H13NO5S2. The second-order valence-corrected chi connectivity index (χ2v) is 5.95. The van der Waals surface area contributed by atoms with Crippen molar-refractivity contribution in [2.45, 2.75) is 0 Å². The van der Waals surface area contributed by atoms with Gasteiger partial charge in [-0.2, -0.15) is 0 Å². The quantitative estimate of drug-likeness (QED) is 0.649. The van der Waals surface area contributed by atoms with Crippen LogP contribution in [0.25, 0.3) is 6.08 Å². The van der Waals surface area contributed by atoms with Gasteiger partial charge in [0, 0.05) is 11.6 Å². The van der Waals surface area contributed by atoms with Gasteiger partial charge in [-0.05, 0) is 18.2 Å². The fourth-order valence-electron chi connectivity index (χ4n) is 1.85. The van der Waals surface area contributed by atoms with Crippen molar-refractivity contribution in [3.63, 3.8) is 0 Å². The van der Waals surface area contributed by atoms with E-state index >= 15 is 0 Å². The Morgan fingerprint density at radius 2 is 2.14 bits per heavy atom. The number of aliphatic carboxylic acids is 1. The van der Waals surface area contributed by atoms with E-state index in [9.17, 15) is 9.59 Å². The Kier molecular flexibility index (Phi) is 5.04. The van der Waals surface area contributed by atoms with Crippen LogP contribution in [0.1, 0.15) is 5.56 Å². The molecule has 0 bridgehead atoms. The zero-order valence-electron chi connectivity index (χ0n) is 11.9. The normalized spacial score (nSPS) is 16.3. The first-order valence-corrected chi connectivity index (χ1v) is 7.38. The lowest BCUT2D eigenvalue weighted by molar-refractivity contribution is -0.140. The average Bonchev–Trinajstić information content (AvgIpc) is 2.75. The molecule has 1 N–H and O–H groups in total. The Balaban J connectivity index is 2.32. The Morgan fingerprint density at radius 3 is 2.73 bits per heavy atom. The maximum Gasteiger partial charge on any atom is 0.323 e. The molecule has 116 valence electrons. The lowest BCUT2D eigenvalue weighted by Crippen LogP contribution is -2.33. The molecule has 0 aromatic heterocycles. The lowest BCUT2D eigenvalue weighted by atomic mass is 10.1. The van der Waals surface area contributed by atoms with Gasteiger partial charge in [0.1, 0.15) is 22.4 Å². The zero-order chi connectivity index (χ0) is 16.3.